The zero-order valence-electron chi connectivity index (χ0n) is 11.1. The Labute approximate surface area is 117 Å². The summed E-state index contributed by atoms with van der Waals surface area (Å²) in [5.41, 5.74) is 1.41. The van der Waals surface area contributed by atoms with E-state index in [9.17, 15) is 9.59 Å². The average molecular weight is 285 g/mol. The maximum absolute atomic E-state index is 11.7. The molecule has 0 bridgehead atoms. The van der Waals surface area contributed by atoms with Gasteiger partial charge in [-0.25, -0.2) is 4.79 Å². The van der Waals surface area contributed by atoms with Gasteiger partial charge < -0.3 is 15.4 Å². The summed E-state index contributed by atoms with van der Waals surface area (Å²) in [5.74, 6) is -0.374. The molecule has 2 amide bonds. The van der Waals surface area contributed by atoms with Crippen LogP contribution in [0.5, 0.6) is 0 Å². The highest BCUT2D eigenvalue weighted by atomic mass is 35.5. The molecule has 0 aliphatic heterocycles. The number of amides is 2. The maximum Gasteiger partial charge on any atom is 0.319 e. The molecule has 104 valence electrons. The molecular weight excluding hydrogens is 268 g/mol. The molecule has 1 unspecified atom stereocenters. The smallest absolute Gasteiger partial charge is 0.319 e. The summed E-state index contributed by atoms with van der Waals surface area (Å²) < 4.78 is 4.52. The van der Waals surface area contributed by atoms with Crippen LogP contribution >= 0.6 is 11.6 Å². The molecule has 1 rings (SSSR count). The summed E-state index contributed by atoms with van der Waals surface area (Å²) in [6.07, 6.45) is 0.117. The number of benzene rings is 1. The molecule has 0 saturated heterocycles. The molecule has 1 aromatic carbocycles. The number of nitrogens with one attached hydrogen (secondary N) is 2. The van der Waals surface area contributed by atoms with Crippen LogP contribution in [-0.4, -0.2) is 25.2 Å². The number of ether oxygens (including phenoxy) is 1. The molecule has 0 heterocycles. The van der Waals surface area contributed by atoms with Crippen LogP contribution in [0.3, 0.4) is 0 Å². The van der Waals surface area contributed by atoms with Gasteiger partial charge in [0.25, 0.3) is 0 Å². The highest BCUT2D eigenvalue weighted by molar-refractivity contribution is 6.34. The van der Waals surface area contributed by atoms with Crippen LogP contribution in [0, 0.1) is 6.92 Å². The van der Waals surface area contributed by atoms with E-state index in [-0.39, 0.29) is 18.4 Å². The van der Waals surface area contributed by atoms with Crippen molar-refractivity contribution in [3.63, 3.8) is 0 Å². The number of anilines is 1. The second-order valence-electron chi connectivity index (χ2n) is 4.22. The Morgan fingerprint density at radius 1 is 1.42 bits per heavy atom. The molecule has 0 spiro atoms. The van der Waals surface area contributed by atoms with Gasteiger partial charge in [0.1, 0.15) is 0 Å². The lowest BCUT2D eigenvalue weighted by Crippen LogP contribution is -2.37. The first-order valence-electron chi connectivity index (χ1n) is 5.83. The van der Waals surface area contributed by atoms with Crippen molar-refractivity contribution in [2.24, 2.45) is 0 Å². The summed E-state index contributed by atoms with van der Waals surface area (Å²) in [5, 5.41) is 5.77. The Morgan fingerprint density at radius 2 is 2.11 bits per heavy atom. The summed E-state index contributed by atoms with van der Waals surface area (Å²) in [7, 11) is 1.31. The lowest BCUT2D eigenvalue weighted by Gasteiger charge is -2.14. The number of esters is 1. The van der Waals surface area contributed by atoms with Crippen molar-refractivity contribution >= 4 is 29.3 Å². The molecule has 0 fully saturated rings. The minimum atomic E-state index is -0.413. The molecule has 6 heteroatoms. The van der Waals surface area contributed by atoms with Gasteiger partial charge >= 0.3 is 12.0 Å². The Kier molecular flexibility index (Phi) is 5.63. The van der Waals surface area contributed by atoms with Crippen LogP contribution in [0.15, 0.2) is 18.2 Å². The number of rotatable bonds is 4. The number of methoxy groups -OCH3 is 1. The Morgan fingerprint density at radius 3 is 2.74 bits per heavy atom. The van der Waals surface area contributed by atoms with Gasteiger partial charge in [-0.2, -0.15) is 0 Å². The third-order valence-electron chi connectivity index (χ3n) is 2.52. The summed E-state index contributed by atoms with van der Waals surface area (Å²) in [4.78, 5) is 22.8. The minimum absolute atomic E-state index is 0.117. The lowest BCUT2D eigenvalue weighted by atomic mass is 10.2. The van der Waals surface area contributed by atoms with E-state index >= 15 is 0 Å². The molecule has 0 aliphatic rings. The summed E-state index contributed by atoms with van der Waals surface area (Å²) in [6.45, 7) is 3.57. The second-order valence-corrected chi connectivity index (χ2v) is 4.59. The van der Waals surface area contributed by atoms with Crippen molar-refractivity contribution in [2.75, 3.05) is 12.4 Å². The first kappa shape index (κ1) is 15.3. The van der Waals surface area contributed by atoms with Crippen LogP contribution in [0.4, 0.5) is 10.5 Å². The molecule has 1 aromatic rings. The fraction of sp³-hybridized carbons (Fsp3) is 0.385. The Balaban J connectivity index is 2.56. The largest absolute Gasteiger partial charge is 0.469 e. The number of hydrogen-bond acceptors (Lipinski definition) is 3. The predicted molar refractivity (Wildman–Crippen MR) is 74.4 cm³/mol. The molecule has 0 aliphatic carbocycles. The molecule has 19 heavy (non-hydrogen) atoms. The van der Waals surface area contributed by atoms with Gasteiger partial charge in [-0.05, 0) is 25.5 Å². The number of carbonyl (C=O) groups is 2. The third kappa shape index (κ3) is 4.79. The predicted octanol–water partition coefficient (Wildman–Crippen LogP) is 2.72. The number of hydrogen-bond donors (Lipinski definition) is 2. The Hall–Kier alpha value is -1.75. The molecule has 1 atom stereocenters. The lowest BCUT2D eigenvalue weighted by molar-refractivity contribution is -0.141. The standard InChI is InChI=1S/C13H17ClN2O3/c1-8-5-4-6-10(12(8)14)16-13(18)15-9(2)7-11(17)19-3/h4-6,9H,7H2,1-3H3,(H2,15,16,18). The fourth-order valence-corrected chi connectivity index (χ4v) is 1.68. The van der Waals surface area contributed by atoms with Crippen LogP contribution in [0.1, 0.15) is 18.9 Å². The SMILES string of the molecule is COC(=O)CC(C)NC(=O)Nc1cccc(C)c1Cl. The summed E-state index contributed by atoms with van der Waals surface area (Å²) in [6, 6.07) is 4.62. The third-order valence-corrected chi connectivity index (χ3v) is 3.02. The topological polar surface area (TPSA) is 67.4 Å². The highest BCUT2D eigenvalue weighted by Gasteiger charge is 2.13. The monoisotopic (exact) mass is 284 g/mol. The minimum Gasteiger partial charge on any atom is -0.469 e. The van der Waals surface area contributed by atoms with E-state index in [1.54, 1.807) is 19.1 Å². The molecule has 5 nitrogen and oxygen atoms in total. The van der Waals surface area contributed by atoms with Crippen molar-refractivity contribution in [3.05, 3.63) is 28.8 Å². The van der Waals surface area contributed by atoms with Gasteiger partial charge in [0, 0.05) is 6.04 Å². The van der Waals surface area contributed by atoms with E-state index in [2.05, 4.69) is 15.4 Å². The molecule has 0 saturated carbocycles. The zero-order chi connectivity index (χ0) is 14.4. The van der Waals surface area contributed by atoms with E-state index < -0.39 is 6.03 Å². The summed E-state index contributed by atoms with van der Waals surface area (Å²) >= 11 is 6.06. The van der Waals surface area contributed by atoms with E-state index in [0.717, 1.165) is 5.56 Å². The van der Waals surface area contributed by atoms with E-state index in [1.165, 1.54) is 7.11 Å². The molecule has 0 radical (unpaired) electrons. The van der Waals surface area contributed by atoms with Gasteiger partial charge in [0.2, 0.25) is 0 Å². The van der Waals surface area contributed by atoms with Crippen molar-refractivity contribution < 1.29 is 14.3 Å². The fourth-order valence-electron chi connectivity index (χ4n) is 1.51. The Bertz CT molecular complexity index is 477. The van der Waals surface area contributed by atoms with Gasteiger partial charge in [-0.15, -0.1) is 0 Å². The first-order chi connectivity index (χ1) is 8.93. The van der Waals surface area contributed by atoms with Gasteiger partial charge in [0.15, 0.2) is 0 Å². The van der Waals surface area contributed by atoms with Gasteiger partial charge in [-0.1, -0.05) is 23.7 Å². The van der Waals surface area contributed by atoms with E-state index in [1.807, 2.05) is 13.0 Å². The highest BCUT2D eigenvalue weighted by Crippen LogP contribution is 2.24. The number of halogens is 1. The number of urea groups is 1. The maximum atomic E-state index is 11.7. The van der Waals surface area contributed by atoms with Gasteiger partial charge in [0.05, 0.1) is 24.2 Å². The van der Waals surface area contributed by atoms with Crippen molar-refractivity contribution in [1.82, 2.24) is 5.32 Å². The second kappa shape index (κ2) is 6.99. The van der Waals surface area contributed by atoms with Gasteiger partial charge in [-0.3, -0.25) is 4.79 Å². The quantitative estimate of drug-likeness (QED) is 0.836. The van der Waals surface area contributed by atoms with Crippen LogP contribution in [-0.2, 0) is 9.53 Å². The van der Waals surface area contributed by atoms with Crippen molar-refractivity contribution in [3.8, 4) is 0 Å². The zero-order valence-corrected chi connectivity index (χ0v) is 11.9. The van der Waals surface area contributed by atoms with Crippen LogP contribution in [0.25, 0.3) is 0 Å². The number of carbonyl (C=O) groups excluding carboxylic acids is 2. The van der Waals surface area contributed by atoms with E-state index in [0.29, 0.717) is 10.7 Å². The van der Waals surface area contributed by atoms with Crippen LogP contribution in [0.2, 0.25) is 5.02 Å². The molecule has 2 N–H and O–H groups in total. The average Bonchev–Trinajstić information content (AvgIpc) is 2.34. The van der Waals surface area contributed by atoms with Crippen LogP contribution < -0.4 is 10.6 Å². The van der Waals surface area contributed by atoms with Crippen molar-refractivity contribution in [1.29, 1.82) is 0 Å². The van der Waals surface area contributed by atoms with E-state index in [4.69, 9.17) is 11.6 Å². The molecule has 0 aromatic heterocycles. The number of aryl methyl sites for hydroxylation is 1. The molecular formula is C13H17ClN2O3. The normalized spacial score (nSPS) is 11.6. The van der Waals surface area contributed by atoms with Crippen molar-refractivity contribution in [2.45, 2.75) is 26.3 Å². The first-order valence-corrected chi connectivity index (χ1v) is 6.21.